The molecule has 0 heterocycles. The standard InChI is InChI=1S/C15H11ClFN3O/c1-19-14-11(3-2-4-13(14)17)15(21)20-10-6-5-9(8-18)12(16)7-10/h2-7,19H,1H3,(H,20,21). The number of hydrogen-bond donors (Lipinski definition) is 2. The minimum absolute atomic E-state index is 0.120. The summed E-state index contributed by atoms with van der Waals surface area (Å²) < 4.78 is 13.6. The van der Waals surface area contributed by atoms with Gasteiger partial charge in [0.25, 0.3) is 5.91 Å². The number of carbonyl (C=O) groups excluding carboxylic acids is 1. The number of rotatable bonds is 3. The van der Waals surface area contributed by atoms with E-state index in [1.807, 2.05) is 6.07 Å². The quantitative estimate of drug-likeness (QED) is 0.909. The van der Waals surface area contributed by atoms with Crippen LogP contribution < -0.4 is 10.6 Å². The first kappa shape index (κ1) is 14.8. The molecule has 2 aromatic rings. The van der Waals surface area contributed by atoms with Crippen molar-refractivity contribution in [3.8, 4) is 6.07 Å². The lowest BCUT2D eigenvalue weighted by atomic mass is 10.1. The third kappa shape index (κ3) is 3.12. The van der Waals surface area contributed by atoms with E-state index in [0.717, 1.165) is 0 Å². The number of carbonyl (C=O) groups is 1. The Bertz CT molecular complexity index is 740. The number of nitrogens with one attached hydrogen (secondary N) is 2. The Morgan fingerprint density at radius 1 is 1.33 bits per heavy atom. The lowest BCUT2D eigenvalue weighted by Gasteiger charge is -2.11. The number of hydrogen-bond acceptors (Lipinski definition) is 3. The molecule has 2 rings (SSSR count). The van der Waals surface area contributed by atoms with Gasteiger partial charge in [0, 0.05) is 12.7 Å². The summed E-state index contributed by atoms with van der Waals surface area (Å²) in [5, 5.41) is 14.3. The van der Waals surface area contributed by atoms with E-state index in [1.165, 1.54) is 37.4 Å². The molecular formula is C15H11ClFN3O. The third-order valence-corrected chi connectivity index (χ3v) is 3.17. The van der Waals surface area contributed by atoms with Crippen LogP contribution in [-0.2, 0) is 0 Å². The number of nitriles is 1. The van der Waals surface area contributed by atoms with Crippen molar-refractivity contribution in [3.63, 3.8) is 0 Å². The fourth-order valence-electron chi connectivity index (χ4n) is 1.85. The van der Waals surface area contributed by atoms with Gasteiger partial charge in [0.05, 0.1) is 21.8 Å². The number of nitrogens with zero attached hydrogens (tertiary/aromatic N) is 1. The van der Waals surface area contributed by atoms with Gasteiger partial charge >= 0.3 is 0 Å². The second-order valence-corrected chi connectivity index (χ2v) is 4.58. The number of para-hydroxylation sites is 1. The molecule has 4 nitrogen and oxygen atoms in total. The van der Waals surface area contributed by atoms with E-state index in [0.29, 0.717) is 11.3 Å². The normalized spacial score (nSPS) is 9.81. The Kier molecular flexibility index (Phi) is 4.41. The smallest absolute Gasteiger partial charge is 0.257 e. The summed E-state index contributed by atoms with van der Waals surface area (Å²) in [6, 6.07) is 10.7. The van der Waals surface area contributed by atoms with Crippen molar-refractivity contribution in [2.45, 2.75) is 0 Å². The molecule has 6 heteroatoms. The minimum Gasteiger partial charge on any atom is -0.385 e. The van der Waals surface area contributed by atoms with E-state index in [1.54, 1.807) is 6.07 Å². The predicted molar refractivity (Wildman–Crippen MR) is 80.1 cm³/mol. The maximum Gasteiger partial charge on any atom is 0.257 e. The minimum atomic E-state index is -0.511. The zero-order valence-corrected chi connectivity index (χ0v) is 11.8. The van der Waals surface area contributed by atoms with Crippen molar-refractivity contribution >= 4 is 28.9 Å². The van der Waals surface area contributed by atoms with Gasteiger partial charge in [-0.25, -0.2) is 4.39 Å². The first-order valence-electron chi connectivity index (χ1n) is 6.04. The van der Waals surface area contributed by atoms with Gasteiger partial charge in [-0.2, -0.15) is 5.26 Å². The highest BCUT2D eigenvalue weighted by molar-refractivity contribution is 6.32. The van der Waals surface area contributed by atoms with E-state index < -0.39 is 11.7 Å². The van der Waals surface area contributed by atoms with Gasteiger partial charge in [-0.3, -0.25) is 4.79 Å². The van der Waals surface area contributed by atoms with Crippen molar-refractivity contribution in [2.24, 2.45) is 0 Å². The highest BCUT2D eigenvalue weighted by atomic mass is 35.5. The second-order valence-electron chi connectivity index (χ2n) is 4.17. The topological polar surface area (TPSA) is 64.9 Å². The van der Waals surface area contributed by atoms with Gasteiger partial charge in [-0.1, -0.05) is 17.7 Å². The number of anilines is 2. The maximum atomic E-state index is 13.6. The maximum absolute atomic E-state index is 13.6. The molecule has 0 radical (unpaired) electrons. The van der Waals surface area contributed by atoms with Crippen LogP contribution in [0, 0.1) is 17.1 Å². The molecule has 2 aromatic carbocycles. The highest BCUT2D eigenvalue weighted by Crippen LogP contribution is 2.23. The van der Waals surface area contributed by atoms with Gasteiger partial charge in [-0.05, 0) is 30.3 Å². The molecule has 0 bridgehead atoms. The van der Waals surface area contributed by atoms with Crippen molar-refractivity contribution in [1.82, 2.24) is 0 Å². The number of halogens is 2. The average Bonchev–Trinajstić information content (AvgIpc) is 2.47. The molecule has 0 aliphatic carbocycles. The molecule has 106 valence electrons. The third-order valence-electron chi connectivity index (χ3n) is 2.86. The van der Waals surface area contributed by atoms with E-state index in [9.17, 15) is 9.18 Å². The molecule has 0 atom stereocenters. The molecule has 0 saturated heterocycles. The molecule has 0 fully saturated rings. The van der Waals surface area contributed by atoms with Gasteiger partial charge in [0.15, 0.2) is 0 Å². The molecule has 0 aromatic heterocycles. The lowest BCUT2D eigenvalue weighted by Crippen LogP contribution is -2.14. The Morgan fingerprint density at radius 2 is 2.10 bits per heavy atom. The first-order valence-corrected chi connectivity index (χ1v) is 6.42. The molecule has 0 aliphatic rings. The van der Waals surface area contributed by atoms with Crippen molar-refractivity contribution in [3.05, 3.63) is 58.4 Å². The predicted octanol–water partition coefficient (Wildman–Crippen LogP) is 3.64. The number of benzene rings is 2. The summed E-state index contributed by atoms with van der Waals surface area (Å²) in [5.74, 6) is -0.984. The first-order chi connectivity index (χ1) is 10.1. The molecule has 21 heavy (non-hydrogen) atoms. The average molecular weight is 304 g/mol. The van der Waals surface area contributed by atoms with Gasteiger partial charge in [0.1, 0.15) is 11.9 Å². The van der Waals surface area contributed by atoms with Crippen LogP contribution in [0.1, 0.15) is 15.9 Å². The fraction of sp³-hybridized carbons (Fsp3) is 0.0667. The van der Waals surface area contributed by atoms with Gasteiger partial charge in [0.2, 0.25) is 0 Å². The highest BCUT2D eigenvalue weighted by Gasteiger charge is 2.14. The molecule has 0 unspecified atom stereocenters. The van der Waals surface area contributed by atoms with Crippen LogP contribution in [0.5, 0.6) is 0 Å². The van der Waals surface area contributed by atoms with Crippen LogP contribution in [0.2, 0.25) is 5.02 Å². The summed E-state index contributed by atoms with van der Waals surface area (Å²) in [6.07, 6.45) is 0. The number of amides is 1. The Labute approximate surface area is 126 Å². The van der Waals surface area contributed by atoms with Crippen LogP contribution in [-0.4, -0.2) is 13.0 Å². The van der Waals surface area contributed by atoms with Crippen molar-refractivity contribution in [2.75, 3.05) is 17.7 Å². The monoisotopic (exact) mass is 303 g/mol. The molecule has 0 saturated carbocycles. The Morgan fingerprint density at radius 3 is 2.71 bits per heavy atom. The van der Waals surface area contributed by atoms with E-state index in [2.05, 4.69) is 10.6 Å². The van der Waals surface area contributed by atoms with Gasteiger partial charge in [-0.15, -0.1) is 0 Å². The second kappa shape index (κ2) is 6.25. The molecular weight excluding hydrogens is 293 g/mol. The van der Waals surface area contributed by atoms with Gasteiger partial charge < -0.3 is 10.6 Å². The summed E-state index contributed by atoms with van der Waals surface area (Å²) in [6.45, 7) is 0. The van der Waals surface area contributed by atoms with Crippen LogP contribution in [0.15, 0.2) is 36.4 Å². The molecule has 0 aliphatic heterocycles. The van der Waals surface area contributed by atoms with Crippen LogP contribution in [0.25, 0.3) is 0 Å². The zero-order chi connectivity index (χ0) is 15.4. The van der Waals surface area contributed by atoms with E-state index >= 15 is 0 Å². The molecule has 2 N–H and O–H groups in total. The summed E-state index contributed by atoms with van der Waals surface area (Å²) in [5.41, 5.74) is 1.04. The van der Waals surface area contributed by atoms with E-state index in [-0.39, 0.29) is 16.3 Å². The fourth-order valence-corrected chi connectivity index (χ4v) is 2.07. The van der Waals surface area contributed by atoms with Crippen LogP contribution >= 0.6 is 11.6 Å². The lowest BCUT2D eigenvalue weighted by molar-refractivity contribution is 0.102. The summed E-state index contributed by atoms with van der Waals surface area (Å²) >= 11 is 5.90. The summed E-state index contributed by atoms with van der Waals surface area (Å²) in [7, 11) is 1.54. The SMILES string of the molecule is CNc1c(F)cccc1C(=O)Nc1ccc(C#N)c(Cl)c1. The summed E-state index contributed by atoms with van der Waals surface area (Å²) in [4.78, 5) is 12.2. The molecule has 1 amide bonds. The van der Waals surface area contributed by atoms with E-state index in [4.69, 9.17) is 16.9 Å². The van der Waals surface area contributed by atoms with Crippen LogP contribution in [0.3, 0.4) is 0 Å². The van der Waals surface area contributed by atoms with Crippen LogP contribution in [0.4, 0.5) is 15.8 Å². The van der Waals surface area contributed by atoms with Crippen molar-refractivity contribution < 1.29 is 9.18 Å². The molecule has 0 spiro atoms. The largest absolute Gasteiger partial charge is 0.385 e. The Balaban J connectivity index is 2.29. The zero-order valence-electron chi connectivity index (χ0n) is 11.1. The van der Waals surface area contributed by atoms with Crippen molar-refractivity contribution in [1.29, 1.82) is 5.26 Å². The Hall–Kier alpha value is -2.58.